The molecule has 0 aliphatic carbocycles. The van der Waals surface area contributed by atoms with E-state index in [2.05, 4.69) is 39.6 Å². The number of aliphatic hydroxyl groups excluding tert-OH is 1. The van der Waals surface area contributed by atoms with Crippen LogP contribution in [0.15, 0.2) is 36.5 Å². The Hall–Kier alpha value is -2.70. The maximum atomic E-state index is 11.3. The fourth-order valence-corrected chi connectivity index (χ4v) is 5.09. The summed E-state index contributed by atoms with van der Waals surface area (Å²) >= 11 is 0. The molecule has 1 fully saturated rings. The van der Waals surface area contributed by atoms with E-state index in [1.165, 1.54) is 47.1 Å². The lowest BCUT2D eigenvalue weighted by Gasteiger charge is -2.31. The first-order valence-corrected chi connectivity index (χ1v) is 10.3. The van der Waals surface area contributed by atoms with Crippen LogP contribution in [-0.2, 0) is 13.0 Å². The summed E-state index contributed by atoms with van der Waals surface area (Å²) in [4.78, 5) is 17.9. The van der Waals surface area contributed by atoms with E-state index in [1.807, 2.05) is 0 Å². The second-order valence-electron chi connectivity index (χ2n) is 8.29. The average Bonchev–Trinajstić information content (AvgIpc) is 3.30. The molecule has 2 atom stereocenters. The van der Waals surface area contributed by atoms with Crippen molar-refractivity contribution in [3.8, 4) is 0 Å². The van der Waals surface area contributed by atoms with Gasteiger partial charge < -0.3 is 15.4 Å². The fourth-order valence-electron chi connectivity index (χ4n) is 5.09. The number of hydrogen-bond donors (Lipinski definition) is 2. The summed E-state index contributed by atoms with van der Waals surface area (Å²) in [6.07, 6.45) is 4.31. The van der Waals surface area contributed by atoms with Crippen LogP contribution in [-0.4, -0.2) is 38.6 Å². The van der Waals surface area contributed by atoms with Crippen molar-refractivity contribution in [2.24, 2.45) is 5.73 Å². The Morgan fingerprint density at radius 1 is 1.31 bits per heavy atom. The van der Waals surface area contributed by atoms with E-state index < -0.39 is 12.0 Å². The standard InChI is InChI=1S/C23H26N4O2/c1-14-4-7-18-16(11-14)22-19-3-2-9-26(19)10-8-20(22)27(18)13-21(28)15-5-6-17(23(24)29)25-12-15/h4-7,11-12,19,21,28H,2-3,8-10,13H2,1H3,(H2,24,29). The Kier molecular flexibility index (Phi) is 4.41. The Balaban J connectivity index is 1.56. The second kappa shape index (κ2) is 6.97. The van der Waals surface area contributed by atoms with Gasteiger partial charge >= 0.3 is 0 Å². The largest absolute Gasteiger partial charge is 0.386 e. The number of aromatic nitrogens is 2. The number of carbonyl (C=O) groups excluding carboxylic acids is 1. The van der Waals surface area contributed by atoms with Crippen LogP contribution in [0.3, 0.4) is 0 Å². The van der Waals surface area contributed by atoms with Crippen molar-refractivity contribution >= 4 is 16.8 Å². The van der Waals surface area contributed by atoms with Crippen LogP contribution < -0.4 is 5.73 Å². The topological polar surface area (TPSA) is 84.4 Å². The summed E-state index contributed by atoms with van der Waals surface area (Å²) in [5, 5.41) is 12.3. The molecule has 2 aliphatic heterocycles. The molecule has 2 aromatic heterocycles. The lowest BCUT2D eigenvalue weighted by Crippen LogP contribution is -2.31. The van der Waals surface area contributed by atoms with Gasteiger partial charge in [0.05, 0.1) is 12.6 Å². The van der Waals surface area contributed by atoms with E-state index in [0.29, 0.717) is 18.2 Å². The Morgan fingerprint density at radius 2 is 2.17 bits per heavy atom. The SMILES string of the molecule is Cc1ccc2c(c1)c1c(n2CC(O)c2ccc(C(N)=O)nc2)CCN2CCCC12. The summed E-state index contributed by atoms with van der Waals surface area (Å²) in [6, 6.07) is 10.4. The minimum absolute atomic E-state index is 0.210. The molecule has 1 saturated heterocycles. The Bertz CT molecular complexity index is 1090. The van der Waals surface area contributed by atoms with E-state index in [-0.39, 0.29) is 5.69 Å². The molecule has 3 aromatic rings. The highest BCUT2D eigenvalue weighted by Gasteiger charge is 2.35. The summed E-state index contributed by atoms with van der Waals surface area (Å²) in [5.74, 6) is -0.562. The third-order valence-electron chi connectivity index (χ3n) is 6.48. The molecule has 3 N–H and O–H groups in total. The third-order valence-corrected chi connectivity index (χ3v) is 6.48. The zero-order valence-corrected chi connectivity index (χ0v) is 16.6. The van der Waals surface area contributed by atoms with Crippen LogP contribution in [0.1, 0.15) is 57.9 Å². The molecule has 1 aromatic carbocycles. The van der Waals surface area contributed by atoms with Gasteiger partial charge in [-0.3, -0.25) is 14.7 Å². The third kappa shape index (κ3) is 3.03. The molecule has 2 unspecified atom stereocenters. The monoisotopic (exact) mass is 390 g/mol. The van der Waals surface area contributed by atoms with Crippen LogP contribution >= 0.6 is 0 Å². The van der Waals surface area contributed by atoms with Gasteiger partial charge in [-0.15, -0.1) is 0 Å². The van der Waals surface area contributed by atoms with Gasteiger partial charge in [0.25, 0.3) is 5.91 Å². The second-order valence-corrected chi connectivity index (χ2v) is 8.29. The van der Waals surface area contributed by atoms with Crippen LogP contribution in [0.5, 0.6) is 0 Å². The van der Waals surface area contributed by atoms with E-state index in [1.54, 1.807) is 18.3 Å². The number of fused-ring (bicyclic) bond motifs is 5. The summed E-state index contributed by atoms with van der Waals surface area (Å²) in [7, 11) is 0. The number of rotatable bonds is 4. The average molecular weight is 390 g/mol. The number of aliphatic hydroxyl groups is 1. The number of hydrogen-bond acceptors (Lipinski definition) is 4. The quantitative estimate of drug-likeness (QED) is 0.717. The zero-order valence-electron chi connectivity index (χ0n) is 16.6. The van der Waals surface area contributed by atoms with Crippen LogP contribution in [0, 0.1) is 6.92 Å². The van der Waals surface area contributed by atoms with Crippen molar-refractivity contribution in [3.05, 3.63) is 64.6 Å². The number of amides is 1. The van der Waals surface area contributed by atoms with Gasteiger partial charge in [0, 0.05) is 47.4 Å². The lowest BCUT2D eigenvalue weighted by molar-refractivity contribution is 0.0995. The molecule has 1 amide bonds. The number of benzene rings is 1. The number of carbonyl (C=O) groups is 1. The maximum Gasteiger partial charge on any atom is 0.267 e. The van der Waals surface area contributed by atoms with Gasteiger partial charge in [0.2, 0.25) is 0 Å². The van der Waals surface area contributed by atoms with Gasteiger partial charge in [0.15, 0.2) is 0 Å². The molecule has 0 bridgehead atoms. The molecule has 2 aliphatic rings. The highest BCUT2D eigenvalue weighted by Crippen LogP contribution is 2.43. The van der Waals surface area contributed by atoms with E-state index >= 15 is 0 Å². The first-order chi connectivity index (χ1) is 14.0. The van der Waals surface area contributed by atoms with Crippen LogP contribution in [0.4, 0.5) is 0 Å². The van der Waals surface area contributed by atoms with Gasteiger partial charge in [-0.25, -0.2) is 0 Å². The number of aryl methyl sites for hydroxylation is 1. The molecule has 4 heterocycles. The number of nitrogens with zero attached hydrogens (tertiary/aromatic N) is 3. The minimum Gasteiger partial charge on any atom is -0.386 e. The number of primary amides is 1. The lowest BCUT2D eigenvalue weighted by atomic mass is 9.95. The smallest absolute Gasteiger partial charge is 0.267 e. The van der Waals surface area contributed by atoms with Gasteiger partial charge in [-0.05, 0) is 50.1 Å². The highest BCUT2D eigenvalue weighted by atomic mass is 16.3. The molecule has 0 radical (unpaired) electrons. The van der Waals surface area contributed by atoms with E-state index in [4.69, 9.17) is 5.73 Å². The number of pyridine rings is 1. The summed E-state index contributed by atoms with van der Waals surface area (Å²) in [5.41, 5.74) is 11.4. The maximum absolute atomic E-state index is 11.3. The fraction of sp³-hybridized carbons (Fsp3) is 0.391. The molecule has 6 nitrogen and oxygen atoms in total. The molecular weight excluding hydrogens is 364 g/mol. The Labute approximate surface area is 170 Å². The molecule has 6 heteroatoms. The molecule has 150 valence electrons. The van der Waals surface area contributed by atoms with Crippen molar-refractivity contribution in [1.82, 2.24) is 14.5 Å². The molecule has 0 spiro atoms. The van der Waals surface area contributed by atoms with Gasteiger partial charge in [-0.1, -0.05) is 17.7 Å². The van der Waals surface area contributed by atoms with Crippen molar-refractivity contribution in [2.45, 2.75) is 44.9 Å². The predicted octanol–water partition coefficient (Wildman–Crippen LogP) is 2.87. The molecule has 29 heavy (non-hydrogen) atoms. The van der Waals surface area contributed by atoms with Gasteiger partial charge in [0.1, 0.15) is 5.69 Å². The normalized spacial score (nSPS) is 19.9. The molecule has 0 saturated carbocycles. The van der Waals surface area contributed by atoms with Crippen LogP contribution in [0.25, 0.3) is 10.9 Å². The first-order valence-electron chi connectivity index (χ1n) is 10.3. The molecule has 5 rings (SSSR count). The van der Waals surface area contributed by atoms with Crippen LogP contribution in [0.2, 0.25) is 0 Å². The summed E-state index contributed by atoms with van der Waals surface area (Å²) in [6.45, 7) is 4.87. The first kappa shape index (κ1) is 18.3. The molecular formula is C23H26N4O2. The number of nitrogens with two attached hydrogens (primary N) is 1. The van der Waals surface area contributed by atoms with Crippen molar-refractivity contribution in [1.29, 1.82) is 0 Å². The minimum atomic E-state index is -0.702. The highest BCUT2D eigenvalue weighted by molar-refractivity contribution is 5.90. The van der Waals surface area contributed by atoms with E-state index in [0.717, 1.165) is 13.0 Å². The van der Waals surface area contributed by atoms with Crippen molar-refractivity contribution in [2.75, 3.05) is 13.1 Å². The zero-order chi connectivity index (χ0) is 20.1. The van der Waals surface area contributed by atoms with Crippen molar-refractivity contribution < 1.29 is 9.90 Å². The van der Waals surface area contributed by atoms with E-state index in [9.17, 15) is 9.90 Å². The summed E-state index contributed by atoms with van der Waals surface area (Å²) < 4.78 is 2.30. The Morgan fingerprint density at radius 3 is 2.93 bits per heavy atom. The van der Waals surface area contributed by atoms with Gasteiger partial charge in [-0.2, -0.15) is 0 Å². The van der Waals surface area contributed by atoms with Crippen molar-refractivity contribution in [3.63, 3.8) is 0 Å². The predicted molar refractivity (Wildman–Crippen MR) is 112 cm³/mol.